The van der Waals surface area contributed by atoms with E-state index in [4.69, 9.17) is 9.47 Å². The lowest BCUT2D eigenvalue weighted by atomic mass is 10.1. The van der Waals surface area contributed by atoms with E-state index in [1.165, 1.54) is 11.8 Å². The van der Waals surface area contributed by atoms with E-state index in [0.717, 1.165) is 17.0 Å². The molecule has 0 spiro atoms. The number of benzene rings is 2. The van der Waals surface area contributed by atoms with Gasteiger partial charge in [-0.15, -0.1) is 10.2 Å². The van der Waals surface area contributed by atoms with E-state index in [1.807, 2.05) is 73.9 Å². The van der Waals surface area contributed by atoms with Crippen molar-refractivity contribution in [1.82, 2.24) is 14.8 Å². The van der Waals surface area contributed by atoms with E-state index >= 15 is 0 Å². The second kappa shape index (κ2) is 10.1. The molecule has 2 aromatic carbocycles. The quantitative estimate of drug-likeness (QED) is 0.267. The fourth-order valence-corrected chi connectivity index (χ4v) is 4.27. The number of rotatable bonds is 10. The SMILES string of the molecule is CCOc1ccc(-n2c(C)nnc2S[C@@H](C[N+](=O)[O-])c2ccccc2OCC)cc1. The summed E-state index contributed by atoms with van der Waals surface area (Å²) in [6.07, 6.45) is 0. The van der Waals surface area contributed by atoms with Crippen molar-refractivity contribution in [3.8, 4) is 17.2 Å². The van der Waals surface area contributed by atoms with Crippen molar-refractivity contribution in [3.05, 3.63) is 70.0 Å². The van der Waals surface area contributed by atoms with Crippen molar-refractivity contribution in [1.29, 1.82) is 0 Å². The van der Waals surface area contributed by atoms with Crippen LogP contribution in [-0.4, -0.2) is 39.4 Å². The molecule has 0 unspecified atom stereocenters. The maximum absolute atomic E-state index is 11.4. The summed E-state index contributed by atoms with van der Waals surface area (Å²) in [4.78, 5) is 11.1. The molecular weight excluding hydrogens is 404 g/mol. The molecule has 0 fully saturated rings. The molecule has 8 nitrogen and oxygen atoms in total. The number of thioether (sulfide) groups is 1. The molecule has 0 saturated carbocycles. The number of para-hydroxylation sites is 1. The van der Waals surface area contributed by atoms with Crippen LogP contribution in [0.2, 0.25) is 0 Å². The van der Waals surface area contributed by atoms with Crippen molar-refractivity contribution >= 4 is 11.8 Å². The summed E-state index contributed by atoms with van der Waals surface area (Å²) >= 11 is 1.30. The summed E-state index contributed by atoms with van der Waals surface area (Å²) in [5, 5.41) is 20.0. The Morgan fingerprint density at radius 3 is 2.43 bits per heavy atom. The summed E-state index contributed by atoms with van der Waals surface area (Å²) < 4.78 is 13.1. The average Bonchev–Trinajstić information content (AvgIpc) is 3.09. The first-order valence-corrected chi connectivity index (χ1v) is 10.6. The van der Waals surface area contributed by atoms with E-state index in [1.54, 1.807) is 0 Å². The lowest BCUT2D eigenvalue weighted by Crippen LogP contribution is -2.12. The predicted molar refractivity (Wildman–Crippen MR) is 115 cm³/mol. The van der Waals surface area contributed by atoms with Gasteiger partial charge in [-0.05, 0) is 51.1 Å². The summed E-state index contributed by atoms with van der Waals surface area (Å²) in [5.74, 6) is 2.11. The summed E-state index contributed by atoms with van der Waals surface area (Å²) in [6.45, 7) is 6.48. The minimum atomic E-state index is -0.479. The Balaban J connectivity index is 1.96. The van der Waals surface area contributed by atoms with Gasteiger partial charge in [-0.3, -0.25) is 14.7 Å². The van der Waals surface area contributed by atoms with Gasteiger partial charge in [0.15, 0.2) is 5.16 Å². The lowest BCUT2D eigenvalue weighted by molar-refractivity contribution is -0.479. The van der Waals surface area contributed by atoms with Gasteiger partial charge in [-0.25, -0.2) is 0 Å². The first-order chi connectivity index (χ1) is 14.5. The van der Waals surface area contributed by atoms with Crippen LogP contribution in [0.1, 0.15) is 30.5 Å². The van der Waals surface area contributed by atoms with Crippen LogP contribution in [0.5, 0.6) is 11.5 Å². The molecule has 9 heteroatoms. The molecule has 1 aromatic heterocycles. The van der Waals surface area contributed by atoms with Crippen LogP contribution >= 0.6 is 11.8 Å². The molecule has 1 heterocycles. The van der Waals surface area contributed by atoms with E-state index in [2.05, 4.69) is 10.2 Å². The molecule has 0 bridgehead atoms. The van der Waals surface area contributed by atoms with E-state index in [0.29, 0.717) is 29.9 Å². The van der Waals surface area contributed by atoms with Crippen LogP contribution in [0.3, 0.4) is 0 Å². The predicted octanol–water partition coefficient (Wildman–Crippen LogP) is 4.48. The monoisotopic (exact) mass is 428 g/mol. The standard InChI is InChI=1S/C21H24N4O4S/c1-4-28-17-12-10-16(11-13-17)25-15(3)22-23-21(25)30-20(14-24(26)27)18-8-6-7-9-19(18)29-5-2/h6-13,20H,4-5,14H2,1-3H3/t20-/m0/s1. The topological polar surface area (TPSA) is 92.3 Å². The van der Waals surface area contributed by atoms with Crippen LogP contribution < -0.4 is 9.47 Å². The van der Waals surface area contributed by atoms with Crippen molar-refractivity contribution in [2.24, 2.45) is 0 Å². The summed E-state index contributed by atoms with van der Waals surface area (Å²) in [5.41, 5.74) is 1.63. The van der Waals surface area contributed by atoms with Crippen molar-refractivity contribution in [3.63, 3.8) is 0 Å². The maximum Gasteiger partial charge on any atom is 0.220 e. The van der Waals surface area contributed by atoms with Crippen LogP contribution in [-0.2, 0) is 0 Å². The highest BCUT2D eigenvalue weighted by Crippen LogP contribution is 2.39. The van der Waals surface area contributed by atoms with Gasteiger partial charge in [0.2, 0.25) is 6.54 Å². The number of aryl methyl sites for hydroxylation is 1. The molecule has 0 saturated heterocycles. The molecule has 0 aliphatic heterocycles. The van der Waals surface area contributed by atoms with Gasteiger partial charge in [0, 0.05) is 16.2 Å². The second-order valence-electron chi connectivity index (χ2n) is 6.38. The van der Waals surface area contributed by atoms with Crippen molar-refractivity contribution in [2.45, 2.75) is 31.2 Å². The molecule has 1 atom stereocenters. The molecule has 3 aromatic rings. The smallest absolute Gasteiger partial charge is 0.220 e. The fourth-order valence-electron chi connectivity index (χ4n) is 3.07. The second-order valence-corrected chi connectivity index (χ2v) is 7.55. The zero-order chi connectivity index (χ0) is 21.5. The van der Waals surface area contributed by atoms with E-state index in [9.17, 15) is 10.1 Å². The average molecular weight is 429 g/mol. The zero-order valence-electron chi connectivity index (χ0n) is 17.1. The maximum atomic E-state index is 11.4. The highest BCUT2D eigenvalue weighted by atomic mass is 32.2. The van der Waals surface area contributed by atoms with E-state index in [-0.39, 0.29) is 11.5 Å². The van der Waals surface area contributed by atoms with Gasteiger partial charge >= 0.3 is 0 Å². The molecule has 3 rings (SSSR count). The van der Waals surface area contributed by atoms with E-state index < -0.39 is 5.25 Å². The van der Waals surface area contributed by atoms with Gasteiger partial charge in [-0.1, -0.05) is 30.0 Å². The highest BCUT2D eigenvalue weighted by molar-refractivity contribution is 7.99. The molecular formula is C21H24N4O4S. The van der Waals surface area contributed by atoms with Gasteiger partial charge in [-0.2, -0.15) is 0 Å². The molecule has 0 amide bonds. The highest BCUT2D eigenvalue weighted by Gasteiger charge is 2.26. The number of aromatic nitrogens is 3. The molecule has 30 heavy (non-hydrogen) atoms. The lowest BCUT2D eigenvalue weighted by Gasteiger charge is -2.17. The van der Waals surface area contributed by atoms with Crippen molar-refractivity contribution in [2.75, 3.05) is 19.8 Å². The Labute approximate surface area is 179 Å². The Hall–Kier alpha value is -3.07. The number of nitrogens with zero attached hydrogens (tertiary/aromatic N) is 4. The third kappa shape index (κ3) is 5.10. The zero-order valence-corrected chi connectivity index (χ0v) is 18.0. The minimum Gasteiger partial charge on any atom is -0.494 e. The number of hydrogen-bond donors (Lipinski definition) is 0. The number of hydrogen-bond acceptors (Lipinski definition) is 7. The van der Waals surface area contributed by atoms with Gasteiger partial charge in [0.05, 0.1) is 13.2 Å². The number of ether oxygens (including phenoxy) is 2. The molecule has 0 aliphatic rings. The first kappa shape index (κ1) is 21.6. The van der Waals surface area contributed by atoms with Gasteiger partial charge < -0.3 is 9.47 Å². The van der Waals surface area contributed by atoms with Gasteiger partial charge in [0.25, 0.3) is 0 Å². The Bertz CT molecular complexity index is 991. The normalized spacial score (nSPS) is 11.8. The fraction of sp³-hybridized carbons (Fsp3) is 0.333. The van der Waals surface area contributed by atoms with Crippen LogP contribution in [0.25, 0.3) is 5.69 Å². The largest absolute Gasteiger partial charge is 0.494 e. The molecule has 0 aliphatic carbocycles. The first-order valence-electron chi connectivity index (χ1n) is 9.68. The Morgan fingerprint density at radius 1 is 1.07 bits per heavy atom. The molecule has 0 N–H and O–H groups in total. The van der Waals surface area contributed by atoms with Crippen LogP contribution in [0.4, 0.5) is 0 Å². The molecule has 0 radical (unpaired) electrons. The third-order valence-corrected chi connectivity index (χ3v) is 5.49. The Morgan fingerprint density at radius 2 is 1.77 bits per heavy atom. The Kier molecular flexibility index (Phi) is 7.29. The van der Waals surface area contributed by atoms with Gasteiger partial charge in [0.1, 0.15) is 22.6 Å². The minimum absolute atomic E-state index is 0.260. The summed E-state index contributed by atoms with van der Waals surface area (Å²) in [6, 6.07) is 15.0. The third-order valence-electron chi connectivity index (χ3n) is 4.33. The van der Waals surface area contributed by atoms with Crippen LogP contribution in [0, 0.1) is 17.0 Å². The van der Waals surface area contributed by atoms with Crippen molar-refractivity contribution < 1.29 is 14.4 Å². The summed E-state index contributed by atoms with van der Waals surface area (Å²) in [7, 11) is 0. The van der Waals surface area contributed by atoms with Crippen LogP contribution in [0.15, 0.2) is 53.7 Å². The molecule has 158 valence electrons. The number of nitro groups is 1.